The molecule has 1 N–H and O–H groups in total. The number of amidine groups is 1. The molecular weight excluding hydrogens is 356 g/mol. The van der Waals surface area contributed by atoms with Crippen molar-refractivity contribution in [2.45, 2.75) is 26.8 Å². The zero-order valence-corrected chi connectivity index (χ0v) is 16.9. The summed E-state index contributed by atoms with van der Waals surface area (Å²) in [5.41, 5.74) is 0. The number of aliphatic imine (C=N–C) groups is 1. The second-order valence-electron chi connectivity index (χ2n) is 6.33. The van der Waals surface area contributed by atoms with Crippen LogP contribution in [-0.4, -0.2) is 95.9 Å². The highest BCUT2D eigenvalue weighted by atomic mass is 35.5. The first-order chi connectivity index (χ1) is 12.3. The maximum absolute atomic E-state index is 12.7. The molecular formula is C17H28ClN6O2+. The highest BCUT2D eigenvalue weighted by Crippen LogP contribution is 2.18. The highest BCUT2D eigenvalue weighted by molar-refractivity contribution is 6.29. The number of urea groups is 1. The fraction of sp³-hybridized carbons (Fsp3) is 0.647. The summed E-state index contributed by atoms with van der Waals surface area (Å²) in [4.78, 5) is 34.3. The van der Waals surface area contributed by atoms with E-state index in [2.05, 4.69) is 29.1 Å². The van der Waals surface area contributed by atoms with Crippen LogP contribution in [0.15, 0.2) is 16.1 Å². The van der Waals surface area contributed by atoms with Gasteiger partial charge in [-0.1, -0.05) is 30.4 Å². The second-order valence-corrected chi connectivity index (χ2v) is 6.93. The van der Waals surface area contributed by atoms with E-state index in [9.17, 15) is 9.59 Å². The van der Waals surface area contributed by atoms with Gasteiger partial charge in [-0.15, -0.1) is 0 Å². The fourth-order valence-corrected chi connectivity index (χ4v) is 3.09. The summed E-state index contributed by atoms with van der Waals surface area (Å²) in [6.45, 7) is 9.98. The van der Waals surface area contributed by atoms with Gasteiger partial charge in [-0.2, -0.15) is 0 Å². The molecule has 2 rings (SSSR count). The molecule has 0 aromatic carbocycles. The Kier molecular flexibility index (Phi) is 6.77. The van der Waals surface area contributed by atoms with Crippen LogP contribution < -0.4 is 5.32 Å². The number of hydrogen-bond acceptors (Lipinski definition) is 5. The Balaban J connectivity index is 2.27. The third-order valence-electron chi connectivity index (χ3n) is 4.71. The summed E-state index contributed by atoms with van der Waals surface area (Å²) in [6, 6.07) is -0.996. The monoisotopic (exact) mass is 383 g/mol. The smallest absolute Gasteiger partial charge is 0.301 e. The van der Waals surface area contributed by atoms with Gasteiger partial charge in [0.2, 0.25) is 11.9 Å². The van der Waals surface area contributed by atoms with Crippen LogP contribution in [0.25, 0.3) is 0 Å². The number of nitrogens with zero attached hydrogens (tertiary/aromatic N) is 5. The van der Waals surface area contributed by atoms with Crippen LogP contribution in [0.3, 0.4) is 0 Å². The van der Waals surface area contributed by atoms with Crippen molar-refractivity contribution in [1.29, 1.82) is 0 Å². The van der Waals surface area contributed by atoms with Crippen LogP contribution >= 0.6 is 11.6 Å². The molecule has 0 radical (unpaired) electrons. The van der Waals surface area contributed by atoms with Crippen molar-refractivity contribution < 1.29 is 14.2 Å². The van der Waals surface area contributed by atoms with E-state index in [4.69, 9.17) is 11.6 Å². The molecule has 0 aromatic rings. The normalized spacial score (nSPS) is 21.0. The number of rotatable bonds is 7. The standard InChI is InChI=1S/C17H27ClN6O2/c1-6-23(7-2)11-9-19-16-20-14-13(24(16)10-8-12(3)18)15(25)22(5)17(26)21(14)4/h8,13H,6-7,9-11H2,1-5H3/p+1/b12-8+. The van der Waals surface area contributed by atoms with Gasteiger partial charge in [0.05, 0.1) is 13.1 Å². The molecule has 8 nitrogen and oxygen atoms in total. The Bertz CT molecular complexity index is 664. The van der Waals surface area contributed by atoms with Crippen molar-refractivity contribution in [2.24, 2.45) is 4.99 Å². The highest BCUT2D eigenvalue weighted by Gasteiger charge is 2.51. The van der Waals surface area contributed by atoms with Crippen molar-refractivity contribution in [3.8, 4) is 0 Å². The van der Waals surface area contributed by atoms with Crippen molar-refractivity contribution in [3.63, 3.8) is 0 Å². The molecule has 0 bridgehead atoms. The van der Waals surface area contributed by atoms with Crippen LogP contribution in [0.5, 0.6) is 0 Å². The lowest BCUT2D eigenvalue weighted by Crippen LogP contribution is -2.61. The van der Waals surface area contributed by atoms with Crippen LogP contribution in [0.4, 0.5) is 4.79 Å². The third kappa shape index (κ3) is 4.07. The molecule has 2 heterocycles. The molecule has 1 unspecified atom stereocenters. The molecule has 1 atom stereocenters. The molecule has 2 aliphatic heterocycles. The summed E-state index contributed by atoms with van der Waals surface area (Å²) in [5, 5.41) is 3.95. The average Bonchev–Trinajstić information content (AvgIpc) is 2.98. The van der Waals surface area contributed by atoms with E-state index in [0.29, 0.717) is 29.9 Å². The largest absolute Gasteiger partial charge is 0.390 e. The van der Waals surface area contributed by atoms with E-state index in [1.165, 1.54) is 11.9 Å². The number of imide groups is 1. The first kappa shape index (κ1) is 20.4. The number of carbonyl (C=O) groups is 2. The average molecular weight is 384 g/mol. The van der Waals surface area contributed by atoms with Crippen LogP contribution in [-0.2, 0) is 4.79 Å². The number of allylic oxidation sites excluding steroid dienone is 1. The zero-order valence-electron chi connectivity index (χ0n) is 16.1. The van der Waals surface area contributed by atoms with Gasteiger partial charge in [0, 0.05) is 25.7 Å². The third-order valence-corrected chi connectivity index (χ3v) is 4.86. The summed E-state index contributed by atoms with van der Waals surface area (Å²) in [6.07, 6.45) is 1.83. The number of carbonyl (C=O) groups excluding carboxylic acids is 2. The van der Waals surface area contributed by atoms with Gasteiger partial charge in [-0.3, -0.25) is 19.9 Å². The number of halogens is 1. The van der Waals surface area contributed by atoms with Gasteiger partial charge in [0.25, 0.3) is 5.91 Å². The number of fused-ring (bicyclic) bond motifs is 1. The maximum atomic E-state index is 12.7. The van der Waals surface area contributed by atoms with Crippen molar-refractivity contribution >= 4 is 35.3 Å². The number of likely N-dealkylation sites (N-methyl/N-ethyl adjacent to an activating group) is 3. The summed E-state index contributed by atoms with van der Waals surface area (Å²) >= 11 is 5.98. The molecule has 0 saturated carbocycles. The van der Waals surface area contributed by atoms with E-state index >= 15 is 0 Å². The van der Waals surface area contributed by atoms with E-state index in [-0.39, 0.29) is 11.9 Å². The quantitative estimate of drug-likeness (QED) is 0.658. The van der Waals surface area contributed by atoms with Crippen LogP contribution in [0.1, 0.15) is 20.8 Å². The van der Waals surface area contributed by atoms with Gasteiger partial charge in [-0.25, -0.2) is 9.37 Å². The predicted molar refractivity (Wildman–Crippen MR) is 103 cm³/mol. The van der Waals surface area contributed by atoms with E-state index < -0.39 is 6.04 Å². The topological polar surface area (TPSA) is 71.3 Å². The minimum absolute atomic E-state index is 0.284. The van der Waals surface area contributed by atoms with Gasteiger partial charge in [0.1, 0.15) is 0 Å². The van der Waals surface area contributed by atoms with E-state index in [1.54, 1.807) is 14.0 Å². The summed E-state index contributed by atoms with van der Waals surface area (Å²) in [5.74, 6) is 0.756. The SMILES string of the molecule is CCN(CC)CCNC1=[N+](C/C=C(\C)Cl)C2C(=O)N(C)C(=O)N(C)C2=N1. The molecule has 2 aliphatic rings. The number of hydrogen-bond donors (Lipinski definition) is 1. The number of guanidine groups is 1. The minimum atomic E-state index is -0.620. The maximum Gasteiger partial charge on any atom is 0.390 e. The molecule has 1 fully saturated rings. The van der Waals surface area contributed by atoms with Crippen LogP contribution in [0.2, 0.25) is 0 Å². The Labute approximate surface area is 159 Å². The van der Waals surface area contributed by atoms with Gasteiger partial charge >= 0.3 is 12.0 Å². The Morgan fingerprint density at radius 2 is 1.96 bits per heavy atom. The lowest BCUT2D eigenvalue weighted by Gasteiger charge is -2.31. The Hall–Kier alpha value is -1.93. The molecule has 3 amide bonds. The first-order valence-electron chi connectivity index (χ1n) is 8.87. The minimum Gasteiger partial charge on any atom is -0.301 e. The Morgan fingerprint density at radius 1 is 1.31 bits per heavy atom. The lowest BCUT2D eigenvalue weighted by molar-refractivity contribution is -0.527. The molecule has 144 valence electrons. The van der Waals surface area contributed by atoms with Crippen molar-refractivity contribution in [3.05, 3.63) is 11.1 Å². The first-order valence-corrected chi connectivity index (χ1v) is 9.25. The molecule has 26 heavy (non-hydrogen) atoms. The predicted octanol–water partition coefficient (Wildman–Crippen LogP) is 0.733. The number of nitrogens with one attached hydrogen (secondary N) is 1. The van der Waals surface area contributed by atoms with Crippen molar-refractivity contribution in [1.82, 2.24) is 20.0 Å². The summed E-state index contributed by atoms with van der Waals surface area (Å²) < 4.78 is 1.85. The second kappa shape index (κ2) is 8.64. The molecule has 0 aromatic heterocycles. The van der Waals surface area contributed by atoms with Gasteiger partial charge < -0.3 is 4.90 Å². The fourth-order valence-electron chi connectivity index (χ4n) is 3.02. The van der Waals surface area contributed by atoms with Crippen LogP contribution in [0, 0.1) is 0 Å². The van der Waals surface area contributed by atoms with E-state index in [0.717, 1.165) is 24.5 Å². The van der Waals surface area contributed by atoms with Gasteiger partial charge in [-0.05, 0) is 26.1 Å². The number of amides is 3. The molecule has 0 aliphatic carbocycles. The molecule has 1 saturated heterocycles. The lowest BCUT2D eigenvalue weighted by atomic mass is 10.1. The van der Waals surface area contributed by atoms with Gasteiger partial charge in [0.15, 0.2) is 0 Å². The Morgan fingerprint density at radius 3 is 2.54 bits per heavy atom. The molecule has 0 spiro atoms. The summed E-state index contributed by atoms with van der Waals surface area (Å²) in [7, 11) is 3.13. The van der Waals surface area contributed by atoms with Crippen molar-refractivity contribution in [2.75, 3.05) is 46.8 Å². The molecule has 9 heteroatoms. The van der Waals surface area contributed by atoms with E-state index in [1.807, 2.05) is 10.7 Å². The zero-order chi connectivity index (χ0) is 19.4.